The lowest BCUT2D eigenvalue weighted by atomic mass is 9.93. The Labute approximate surface area is 231 Å². The van der Waals surface area contributed by atoms with Crippen molar-refractivity contribution in [3.8, 4) is 28.4 Å². The molecule has 204 valence electrons. The van der Waals surface area contributed by atoms with Crippen LogP contribution in [0.15, 0.2) is 60.7 Å². The normalized spacial score (nSPS) is 17.5. The van der Waals surface area contributed by atoms with E-state index in [2.05, 4.69) is 18.2 Å². The van der Waals surface area contributed by atoms with Gasteiger partial charge in [-0.25, -0.2) is 0 Å². The molecule has 6 rings (SSSR count). The zero-order valence-corrected chi connectivity index (χ0v) is 24.0. The highest BCUT2D eigenvalue weighted by molar-refractivity contribution is 7.73. The summed E-state index contributed by atoms with van der Waals surface area (Å²) in [6.45, 7) is 0. The van der Waals surface area contributed by atoms with E-state index in [0.717, 1.165) is 78.7 Å². The summed E-state index contributed by atoms with van der Waals surface area (Å²) in [5, 5.41) is 16.5. The Kier molecular flexibility index (Phi) is 7.33. The van der Waals surface area contributed by atoms with Crippen molar-refractivity contribution in [2.75, 3.05) is 14.2 Å². The van der Waals surface area contributed by atoms with E-state index in [-0.39, 0.29) is 17.1 Å². The summed E-state index contributed by atoms with van der Waals surface area (Å²) in [5.74, 6) is 1.53. The first kappa shape index (κ1) is 26.3. The molecule has 0 aliphatic heterocycles. The van der Waals surface area contributed by atoms with E-state index < -0.39 is 7.14 Å². The Morgan fingerprint density at radius 1 is 0.667 bits per heavy atom. The quantitative estimate of drug-likeness (QED) is 0.247. The summed E-state index contributed by atoms with van der Waals surface area (Å²) >= 11 is 0. The third-order valence-corrected chi connectivity index (χ3v) is 13.6. The van der Waals surface area contributed by atoms with Gasteiger partial charge in [0.05, 0.1) is 19.5 Å². The third kappa shape index (κ3) is 4.32. The molecule has 4 nitrogen and oxygen atoms in total. The predicted octanol–water partition coefficient (Wildman–Crippen LogP) is 9.04. The van der Waals surface area contributed by atoms with Crippen molar-refractivity contribution < 1.29 is 19.1 Å². The van der Waals surface area contributed by atoms with Crippen molar-refractivity contribution in [3.05, 3.63) is 60.7 Å². The standard InChI is InChI=1S/C34H39O4P/c1-37-29-22-21-23-13-9-10-18-26(23)30(29)31-33(38-2)28-20-12-11-19-27(28)32(35)34(31)39(36,24-14-5-3-6-15-24)25-16-7-4-8-17-25/h9-13,18-22,24-25,35H,3-8,14-17H2,1-2H3. The van der Waals surface area contributed by atoms with E-state index >= 15 is 4.57 Å². The number of fused-ring (bicyclic) bond motifs is 2. The SMILES string of the molecule is COc1ccc2ccccc2c1-c1c(P(=O)(C2CCCCC2)C2CCCCC2)c(O)c2ccccc2c1OC. The van der Waals surface area contributed by atoms with Crippen LogP contribution in [0.3, 0.4) is 0 Å². The number of phenolic OH excluding ortho intramolecular Hbond substituents is 1. The van der Waals surface area contributed by atoms with Gasteiger partial charge in [0, 0.05) is 33.2 Å². The molecule has 0 unspecified atom stereocenters. The fraction of sp³-hybridized carbons (Fsp3) is 0.412. The van der Waals surface area contributed by atoms with Gasteiger partial charge in [0.1, 0.15) is 24.4 Å². The van der Waals surface area contributed by atoms with Crippen LogP contribution in [0.25, 0.3) is 32.7 Å². The van der Waals surface area contributed by atoms with Crippen molar-refractivity contribution in [1.82, 2.24) is 0 Å². The van der Waals surface area contributed by atoms with Crippen molar-refractivity contribution in [1.29, 1.82) is 0 Å². The zero-order valence-electron chi connectivity index (χ0n) is 23.1. The molecule has 0 bridgehead atoms. The zero-order chi connectivity index (χ0) is 27.0. The minimum absolute atomic E-state index is 0.0749. The molecule has 0 aromatic heterocycles. The van der Waals surface area contributed by atoms with E-state index in [1.54, 1.807) is 14.2 Å². The van der Waals surface area contributed by atoms with Crippen LogP contribution in [0.2, 0.25) is 0 Å². The lowest BCUT2D eigenvalue weighted by molar-refractivity contribution is 0.412. The van der Waals surface area contributed by atoms with Gasteiger partial charge < -0.3 is 19.1 Å². The van der Waals surface area contributed by atoms with Gasteiger partial charge in [0.2, 0.25) is 0 Å². The van der Waals surface area contributed by atoms with Gasteiger partial charge in [-0.1, -0.05) is 93.1 Å². The Morgan fingerprint density at radius 3 is 1.82 bits per heavy atom. The molecule has 2 saturated carbocycles. The number of hydrogen-bond donors (Lipinski definition) is 1. The maximum Gasteiger partial charge on any atom is 0.135 e. The summed E-state index contributed by atoms with van der Waals surface area (Å²) in [6, 6.07) is 20.1. The highest BCUT2D eigenvalue weighted by atomic mass is 31.2. The first-order valence-electron chi connectivity index (χ1n) is 14.6. The van der Waals surface area contributed by atoms with Crippen LogP contribution in [0.1, 0.15) is 64.2 Å². The number of aromatic hydroxyl groups is 1. The smallest absolute Gasteiger partial charge is 0.135 e. The molecule has 0 amide bonds. The van der Waals surface area contributed by atoms with Crippen LogP contribution in [0, 0.1) is 0 Å². The molecule has 39 heavy (non-hydrogen) atoms. The van der Waals surface area contributed by atoms with Gasteiger partial charge >= 0.3 is 0 Å². The monoisotopic (exact) mass is 542 g/mol. The lowest BCUT2D eigenvalue weighted by Gasteiger charge is -2.40. The van der Waals surface area contributed by atoms with Gasteiger partial charge in [-0.3, -0.25) is 0 Å². The van der Waals surface area contributed by atoms with Crippen LogP contribution in [0.5, 0.6) is 17.2 Å². The van der Waals surface area contributed by atoms with Crippen molar-refractivity contribution >= 4 is 34.0 Å². The molecule has 2 fully saturated rings. The van der Waals surface area contributed by atoms with Gasteiger partial charge in [0.25, 0.3) is 0 Å². The Hall–Kier alpha value is -2.97. The first-order chi connectivity index (χ1) is 19.1. The Balaban J connectivity index is 1.80. The Bertz CT molecular complexity index is 1520. The second-order valence-corrected chi connectivity index (χ2v) is 14.6. The van der Waals surface area contributed by atoms with Crippen LogP contribution >= 0.6 is 7.14 Å². The topological polar surface area (TPSA) is 55.8 Å². The number of hydrogen-bond acceptors (Lipinski definition) is 4. The van der Waals surface area contributed by atoms with Crippen LogP contribution in [-0.2, 0) is 4.57 Å². The van der Waals surface area contributed by atoms with Gasteiger partial charge in [-0.15, -0.1) is 0 Å². The highest BCUT2D eigenvalue weighted by Gasteiger charge is 2.47. The Morgan fingerprint density at radius 2 is 1.23 bits per heavy atom. The summed E-state index contributed by atoms with van der Waals surface area (Å²) in [5.41, 5.74) is 1.76. The number of methoxy groups -OCH3 is 2. The minimum Gasteiger partial charge on any atom is -0.506 e. The second-order valence-electron chi connectivity index (χ2n) is 11.3. The summed E-state index contributed by atoms with van der Waals surface area (Å²) in [4.78, 5) is 0. The molecular formula is C34H39O4P. The number of benzene rings is 4. The highest BCUT2D eigenvalue weighted by Crippen LogP contribution is 2.66. The fourth-order valence-electron chi connectivity index (χ4n) is 7.43. The fourth-order valence-corrected chi connectivity index (χ4v) is 12.0. The molecule has 0 saturated heterocycles. The second kappa shape index (κ2) is 10.9. The van der Waals surface area contributed by atoms with E-state index in [1.165, 1.54) is 12.8 Å². The average molecular weight is 543 g/mol. The van der Waals surface area contributed by atoms with E-state index in [0.29, 0.717) is 22.2 Å². The maximum atomic E-state index is 16.1. The predicted molar refractivity (Wildman–Crippen MR) is 163 cm³/mol. The van der Waals surface area contributed by atoms with Crippen LogP contribution < -0.4 is 14.8 Å². The maximum absolute atomic E-state index is 16.1. The number of ether oxygens (including phenoxy) is 2. The lowest BCUT2D eigenvalue weighted by Crippen LogP contribution is -2.31. The van der Waals surface area contributed by atoms with Gasteiger partial charge in [-0.2, -0.15) is 0 Å². The summed E-state index contributed by atoms with van der Waals surface area (Å²) < 4.78 is 28.4. The largest absolute Gasteiger partial charge is 0.506 e. The number of phenols is 1. The summed E-state index contributed by atoms with van der Waals surface area (Å²) in [6.07, 6.45) is 10.6. The average Bonchev–Trinajstić information content (AvgIpc) is 3.01. The van der Waals surface area contributed by atoms with Gasteiger partial charge in [0.15, 0.2) is 0 Å². The van der Waals surface area contributed by atoms with Crippen LogP contribution in [-0.4, -0.2) is 30.6 Å². The summed E-state index contributed by atoms with van der Waals surface area (Å²) in [7, 11) is 0.272. The molecule has 1 N–H and O–H groups in total. The molecule has 4 aromatic rings. The van der Waals surface area contributed by atoms with Gasteiger partial charge in [-0.05, 0) is 42.5 Å². The molecule has 4 aromatic carbocycles. The van der Waals surface area contributed by atoms with Crippen molar-refractivity contribution in [3.63, 3.8) is 0 Å². The molecular weight excluding hydrogens is 503 g/mol. The van der Waals surface area contributed by atoms with E-state index in [1.807, 2.05) is 42.5 Å². The molecule has 0 atom stereocenters. The van der Waals surface area contributed by atoms with Crippen LogP contribution in [0.4, 0.5) is 0 Å². The minimum atomic E-state index is -3.10. The van der Waals surface area contributed by atoms with Crippen molar-refractivity contribution in [2.24, 2.45) is 0 Å². The first-order valence-corrected chi connectivity index (χ1v) is 16.4. The molecule has 2 aliphatic rings. The molecule has 0 radical (unpaired) electrons. The molecule has 5 heteroatoms. The van der Waals surface area contributed by atoms with E-state index in [9.17, 15) is 5.11 Å². The van der Waals surface area contributed by atoms with Crippen molar-refractivity contribution in [2.45, 2.75) is 75.5 Å². The molecule has 0 spiro atoms. The van der Waals surface area contributed by atoms with E-state index in [4.69, 9.17) is 9.47 Å². The molecule has 2 aliphatic carbocycles. The third-order valence-electron chi connectivity index (χ3n) is 9.26. The molecule has 0 heterocycles. The number of rotatable bonds is 6.